The Morgan fingerprint density at radius 1 is 1.24 bits per heavy atom. The summed E-state index contributed by atoms with van der Waals surface area (Å²) in [6.07, 6.45) is 0. The van der Waals surface area contributed by atoms with E-state index in [-0.39, 0.29) is 13.2 Å². The number of aliphatic hydroxyl groups is 3. The molecule has 0 aliphatic heterocycles. The van der Waals surface area contributed by atoms with Gasteiger partial charge in [-0.25, -0.2) is 0 Å². The monoisotopic (exact) mass is 250 g/mol. The maximum Gasteiger partial charge on any atom is 0.319 e. The van der Waals surface area contributed by atoms with Crippen molar-refractivity contribution in [3.05, 3.63) is 0 Å². The summed E-state index contributed by atoms with van der Waals surface area (Å²) in [4.78, 5) is 13.1. The van der Waals surface area contributed by atoms with Crippen LogP contribution in [0.15, 0.2) is 0 Å². The van der Waals surface area contributed by atoms with E-state index in [0.717, 1.165) is 0 Å². The van der Waals surface area contributed by atoms with Gasteiger partial charge >= 0.3 is 5.97 Å². The highest BCUT2D eigenvalue weighted by atomic mass is 16.5. The van der Waals surface area contributed by atoms with E-state index in [4.69, 9.17) is 20.1 Å². The minimum Gasteiger partial charge on any atom is -0.463 e. The van der Waals surface area contributed by atoms with Gasteiger partial charge in [0.05, 0.1) is 31.9 Å². The van der Waals surface area contributed by atoms with Crippen LogP contribution in [0.1, 0.15) is 0 Å². The molecule has 0 fully saturated rings. The van der Waals surface area contributed by atoms with Crippen molar-refractivity contribution in [2.75, 3.05) is 53.6 Å². The first kappa shape index (κ1) is 16.3. The summed E-state index contributed by atoms with van der Waals surface area (Å²) in [7, 11) is 3.72. The van der Waals surface area contributed by atoms with Crippen LogP contribution >= 0.6 is 0 Å². The maximum absolute atomic E-state index is 11.3. The Morgan fingerprint density at radius 3 is 2.18 bits per heavy atom. The molecule has 4 N–H and O–H groups in total. The number of nitrogens with one attached hydrogen (secondary N) is 1. The van der Waals surface area contributed by atoms with Crippen LogP contribution in [-0.4, -0.2) is 85.3 Å². The smallest absolute Gasteiger partial charge is 0.319 e. The Hall–Kier alpha value is -0.730. The van der Waals surface area contributed by atoms with Gasteiger partial charge in [-0.15, -0.1) is 0 Å². The average Bonchev–Trinajstić information content (AvgIpc) is 2.31. The van der Waals surface area contributed by atoms with Gasteiger partial charge in [-0.3, -0.25) is 10.1 Å². The highest BCUT2D eigenvalue weighted by Crippen LogP contribution is 2.00. The van der Waals surface area contributed by atoms with E-state index in [0.29, 0.717) is 6.54 Å². The molecule has 0 heterocycles. The Labute approximate surface area is 101 Å². The van der Waals surface area contributed by atoms with E-state index in [1.165, 1.54) is 0 Å². The number of rotatable bonds is 9. The van der Waals surface area contributed by atoms with E-state index in [2.05, 4.69) is 5.32 Å². The van der Waals surface area contributed by atoms with Crippen LogP contribution in [0.25, 0.3) is 0 Å². The van der Waals surface area contributed by atoms with Gasteiger partial charge in [-0.05, 0) is 14.1 Å². The summed E-state index contributed by atoms with van der Waals surface area (Å²) in [6.45, 7) is -0.676. The summed E-state index contributed by atoms with van der Waals surface area (Å²) in [5.74, 6) is -0.494. The first-order chi connectivity index (χ1) is 7.99. The largest absolute Gasteiger partial charge is 0.463 e. The molecule has 0 aliphatic carbocycles. The van der Waals surface area contributed by atoms with Crippen LogP contribution in [0.5, 0.6) is 0 Å². The molecule has 0 aromatic heterocycles. The third kappa shape index (κ3) is 6.54. The van der Waals surface area contributed by atoms with E-state index >= 15 is 0 Å². The predicted octanol–water partition coefficient (Wildman–Crippen LogP) is -2.60. The molecular weight excluding hydrogens is 228 g/mol. The standard InChI is InChI=1S/C10H22N2O5/c1-12(2)3-4-17-9(16)5-11-10(6-13,7-14)8-15/h11,13-15H,3-8H2,1-2H3. The lowest BCUT2D eigenvalue weighted by Crippen LogP contribution is -2.56. The molecule has 0 saturated carbocycles. The number of aliphatic hydroxyl groups excluding tert-OH is 3. The Balaban J connectivity index is 3.89. The number of hydrogen-bond donors (Lipinski definition) is 4. The molecule has 7 nitrogen and oxygen atoms in total. The van der Waals surface area contributed by atoms with E-state index < -0.39 is 31.3 Å². The molecule has 0 spiro atoms. The lowest BCUT2D eigenvalue weighted by atomic mass is 10.0. The molecule has 102 valence electrons. The first-order valence-electron chi connectivity index (χ1n) is 5.37. The lowest BCUT2D eigenvalue weighted by Gasteiger charge is -2.28. The van der Waals surface area contributed by atoms with Crippen molar-refractivity contribution in [2.45, 2.75) is 5.54 Å². The van der Waals surface area contributed by atoms with Gasteiger partial charge in [0.25, 0.3) is 0 Å². The fourth-order valence-corrected chi connectivity index (χ4v) is 0.970. The fraction of sp³-hybridized carbons (Fsp3) is 0.900. The third-order valence-electron chi connectivity index (χ3n) is 2.32. The first-order valence-corrected chi connectivity index (χ1v) is 5.37. The number of carbonyl (C=O) groups is 1. The Kier molecular flexibility index (Phi) is 8.01. The molecule has 0 bridgehead atoms. The third-order valence-corrected chi connectivity index (χ3v) is 2.32. The van der Waals surface area contributed by atoms with Crippen LogP contribution in [0.3, 0.4) is 0 Å². The van der Waals surface area contributed by atoms with Crippen molar-refractivity contribution in [3.8, 4) is 0 Å². The molecule has 0 unspecified atom stereocenters. The van der Waals surface area contributed by atoms with Gasteiger partial charge < -0.3 is 25.0 Å². The summed E-state index contributed by atoms with van der Waals surface area (Å²) in [5.41, 5.74) is -1.25. The van der Waals surface area contributed by atoms with Gasteiger partial charge in [0.15, 0.2) is 0 Å². The summed E-state index contributed by atoms with van der Waals surface area (Å²) >= 11 is 0. The Morgan fingerprint density at radius 2 is 1.76 bits per heavy atom. The number of likely N-dealkylation sites (N-methyl/N-ethyl adjacent to an activating group) is 1. The minimum absolute atomic E-state index is 0.172. The van der Waals surface area contributed by atoms with Crippen molar-refractivity contribution < 1.29 is 24.9 Å². The van der Waals surface area contributed by atoms with Crippen molar-refractivity contribution in [3.63, 3.8) is 0 Å². The second-order valence-electron chi connectivity index (χ2n) is 4.13. The van der Waals surface area contributed by atoms with Gasteiger partial charge in [0.2, 0.25) is 0 Å². The van der Waals surface area contributed by atoms with Gasteiger partial charge in [-0.1, -0.05) is 0 Å². The number of carbonyl (C=O) groups excluding carboxylic acids is 1. The molecule has 0 radical (unpaired) electrons. The highest BCUT2D eigenvalue weighted by molar-refractivity contribution is 5.71. The summed E-state index contributed by atoms with van der Waals surface area (Å²) in [5, 5.41) is 29.6. The topological polar surface area (TPSA) is 102 Å². The molecule has 7 heteroatoms. The molecule has 0 saturated heterocycles. The van der Waals surface area contributed by atoms with Gasteiger partial charge in [0.1, 0.15) is 6.61 Å². The zero-order valence-electron chi connectivity index (χ0n) is 10.3. The fourth-order valence-electron chi connectivity index (χ4n) is 0.970. The zero-order chi connectivity index (χ0) is 13.3. The van der Waals surface area contributed by atoms with Crippen LogP contribution in [0.2, 0.25) is 0 Å². The predicted molar refractivity (Wildman–Crippen MR) is 61.5 cm³/mol. The van der Waals surface area contributed by atoms with E-state index in [1.54, 1.807) is 0 Å². The molecule has 0 rings (SSSR count). The summed E-state index contributed by atoms with van der Waals surface area (Å²) in [6, 6.07) is 0. The van der Waals surface area contributed by atoms with Crippen molar-refractivity contribution >= 4 is 5.97 Å². The number of ether oxygens (including phenoxy) is 1. The average molecular weight is 250 g/mol. The number of nitrogens with zero attached hydrogens (tertiary/aromatic N) is 1. The molecule has 0 aromatic rings. The van der Waals surface area contributed by atoms with E-state index in [9.17, 15) is 4.79 Å². The minimum atomic E-state index is -1.25. The molecule has 0 aromatic carbocycles. The highest BCUT2D eigenvalue weighted by Gasteiger charge is 2.28. The molecule has 0 aliphatic rings. The van der Waals surface area contributed by atoms with Gasteiger partial charge in [-0.2, -0.15) is 0 Å². The second-order valence-corrected chi connectivity index (χ2v) is 4.13. The van der Waals surface area contributed by atoms with Crippen molar-refractivity contribution in [2.24, 2.45) is 0 Å². The number of esters is 1. The van der Waals surface area contributed by atoms with E-state index in [1.807, 2.05) is 19.0 Å². The van der Waals surface area contributed by atoms with Gasteiger partial charge in [0, 0.05) is 6.54 Å². The van der Waals surface area contributed by atoms with Crippen molar-refractivity contribution in [1.29, 1.82) is 0 Å². The maximum atomic E-state index is 11.3. The summed E-state index contributed by atoms with van der Waals surface area (Å²) < 4.78 is 4.89. The molecule has 0 atom stereocenters. The zero-order valence-corrected chi connectivity index (χ0v) is 10.3. The molecule has 17 heavy (non-hydrogen) atoms. The Bertz CT molecular complexity index is 210. The van der Waals surface area contributed by atoms with Crippen LogP contribution in [0.4, 0.5) is 0 Å². The SMILES string of the molecule is CN(C)CCOC(=O)CNC(CO)(CO)CO. The number of hydrogen-bond acceptors (Lipinski definition) is 7. The van der Waals surface area contributed by atoms with Crippen molar-refractivity contribution in [1.82, 2.24) is 10.2 Å². The lowest BCUT2D eigenvalue weighted by molar-refractivity contribution is -0.143. The molecule has 0 amide bonds. The van der Waals surface area contributed by atoms with Crippen LogP contribution < -0.4 is 5.32 Å². The normalized spacial score (nSPS) is 11.9. The van der Waals surface area contributed by atoms with Crippen LogP contribution in [-0.2, 0) is 9.53 Å². The molecular formula is C10H22N2O5. The second kappa shape index (κ2) is 8.37. The van der Waals surface area contributed by atoms with Crippen LogP contribution in [0, 0.1) is 0 Å². The quantitative estimate of drug-likeness (QED) is 0.333.